The van der Waals surface area contributed by atoms with Crippen LogP contribution in [0.5, 0.6) is 0 Å². The van der Waals surface area contributed by atoms with Crippen LogP contribution in [0.2, 0.25) is 5.02 Å². The van der Waals surface area contributed by atoms with E-state index in [2.05, 4.69) is 5.32 Å². The fraction of sp³-hybridized carbons (Fsp3) is 0.467. The molecule has 0 aliphatic heterocycles. The number of carboxylic acids is 1. The molecule has 5 nitrogen and oxygen atoms in total. The van der Waals surface area contributed by atoms with Gasteiger partial charge in [-0.1, -0.05) is 44.5 Å². The summed E-state index contributed by atoms with van der Waals surface area (Å²) < 4.78 is 0. The van der Waals surface area contributed by atoms with Crippen molar-refractivity contribution < 1.29 is 14.7 Å². The SMILES string of the molecule is CN(Cc1ccc(Cl)cc1)C(=O)NC(C(=O)O)C(C)(C)C. The lowest BCUT2D eigenvalue weighted by atomic mass is 9.87. The number of halogens is 1. The maximum Gasteiger partial charge on any atom is 0.326 e. The van der Waals surface area contributed by atoms with Crippen LogP contribution in [0.1, 0.15) is 26.3 Å². The highest BCUT2D eigenvalue weighted by Crippen LogP contribution is 2.20. The number of carbonyl (C=O) groups excluding carboxylic acids is 1. The first kappa shape index (κ1) is 17.3. The third kappa shape index (κ3) is 5.27. The Labute approximate surface area is 129 Å². The number of nitrogens with one attached hydrogen (secondary N) is 1. The third-order valence-electron chi connectivity index (χ3n) is 3.06. The Bertz CT molecular complexity index is 509. The zero-order valence-corrected chi connectivity index (χ0v) is 13.4. The molecule has 0 bridgehead atoms. The minimum atomic E-state index is -1.05. The largest absolute Gasteiger partial charge is 0.480 e. The van der Waals surface area contributed by atoms with Gasteiger partial charge in [-0.2, -0.15) is 0 Å². The highest BCUT2D eigenvalue weighted by atomic mass is 35.5. The van der Waals surface area contributed by atoms with Gasteiger partial charge in [-0.3, -0.25) is 0 Å². The molecule has 1 aromatic carbocycles. The summed E-state index contributed by atoms with van der Waals surface area (Å²) >= 11 is 5.81. The van der Waals surface area contributed by atoms with Crippen LogP contribution >= 0.6 is 11.6 Å². The van der Waals surface area contributed by atoms with Gasteiger partial charge in [-0.15, -0.1) is 0 Å². The molecule has 0 aliphatic carbocycles. The molecule has 116 valence electrons. The molecule has 0 heterocycles. The third-order valence-corrected chi connectivity index (χ3v) is 3.31. The molecular weight excluding hydrogens is 292 g/mol. The zero-order valence-electron chi connectivity index (χ0n) is 12.7. The smallest absolute Gasteiger partial charge is 0.326 e. The predicted molar refractivity (Wildman–Crippen MR) is 82.3 cm³/mol. The Kier molecular flexibility index (Phi) is 5.61. The number of nitrogens with zero attached hydrogens (tertiary/aromatic N) is 1. The van der Waals surface area contributed by atoms with Gasteiger partial charge < -0.3 is 15.3 Å². The monoisotopic (exact) mass is 312 g/mol. The molecule has 0 saturated carbocycles. The maximum absolute atomic E-state index is 12.1. The average molecular weight is 313 g/mol. The van der Waals surface area contributed by atoms with Gasteiger partial charge >= 0.3 is 12.0 Å². The van der Waals surface area contributed by atoms with Crippen molar-refractivity contribution in [1.82, 2.24) is 10.2 Å². The van der Waals surface area contributed by atoms with E-state index in [1.165, 1.54) is 4.90 Å². The number of aliphatic carboxylic acids is 1. The van der Waals surface area contributed by atoms with Gasteiger partial charge in [0.1, 0.15) is 6.04 Å². The van der Waals surface area contributed by atoms with Gasteiger partial charge in [0.25, 0.3) is 0 Å². The number of amides is 2. The van der Waals surface area contributed by atoms with Gasteiger partial charge in [0.05, 0.1) is 0 Å². The van der Waals surface area contributed by atoms with Crippen LogP contribution in [0, 0.1) is 5.41 Å². The number of hydrogen-bond acceptors (Lipinski definition) is 2. The topological polar surface area (TPSA) is 69.6 Å². The minimum absolute atomic E-state index is 0.374. The molecule has 0 spiro atoms. The molecule has 1 rings (SSSR count). The molecule has 1 atom stereocenters. The normalized spacial score (nSPS) is 12.6. The van der Waals surface area contributed by atoms with Crippen LogP contribution < -0.4 is 5.32 Å². The number of urea groups is 1. The minimum Gasteiger partial charge on any atom is -0.480 e. The Morgan fingerprint density at radius 3 is 2.24 bits per heavy atom. The second-order valence-corrected chi connectivity index (χ2v) is 6.51. The van der Waals surface area contributed by atoms with E-state index < -0.39 is 23.5 Å². The summed E-state index contributed by atoms with van der Waals surface area (Å²) in [4.78, 5) is 24.8. The molecular formula is C15H21ClN2O3. The summed E-state index contributed by atoms with van der Waals surface area (Å²) in [5.74, 6) is -1.05. The molecule has 0 fully saturated rings. The van der Waals surface area contributed by atoms with Gasteiger partial charge in [0.15, 0.2) is 0 Å². The summed E-state index contributed by atoms with van der Waals surface area (Å²) in [6.45, 7) is 5.68. The number of benzene rings is 1. The van der Waals surface area contributed by atoms with Crippen molar-refractivity contribution >= 4 is 23.6 Å². The van der Waals surface area contributed by atoms with Crippen molar-refractivity contribution in [2.75, 3.05) is 7.05 Å². The molecule has 6 heteroatoms. The Hall–Kier alpha value is -1.75. The van der Waals surface area contributed by atoms with Crippen molar-refractivity contribution in [3.8, 4) is 0 Å². The fourth-order valence-corrected chi connectivity index (χ4v) is 1.94. The number of carboxylic acid groups (broad SMARTS) is 1. The van der Waals surface area contributed by atoms with E-state index in [0.29, 0.717) is 11.6 Å². The molecule has 0 aliphatic rings. The molecule has 1 aromatic rings. The Morgan fingerprint density at radius 1 is 1.29 bits per heavy atom. The van der Waals surface area contributed by atoms with Crippen molar-refractivity contribution in [3.05, 3.63) is 34.9 Å². The second-order valence-electron chi connectivity index (χ2n) is 6.07. The van der Waals surface area contributed by atoms with E-state index in [0.717, 1.165) is 5.56 Å². The summed E-state index contributed by atoms with van der Waals surface area (Å²) in [6, 6.07) is 5.77. The van der Waals surface area contributed by atoms with E-state index in [1.54, 1.807) is 40.0 Å². The lowest BCUT2D eigenvalue weighted by Gasteiger charge is -2.29. The quantitative estimate of drug-likeness (QED) is 0.898. The molecule has 0 aromatic heterocycles. The lowest BCUT2D eigenvalue weighted by molar-refractivity contribution is -0.142. The van der Waals surface area contributed by atoms with E-state index >= 15 is 0 Å². The highest BCUT2D eigenvalue weighted by molar-refractivity contribution is 6.30. The fourth-order valence-electron chi connectivity index (χ4n) is 1.82. The van der Waals surface area contributed by atoms with Crippen LogP contribution in [-0.4, -0.2) is 35.1 Å². The molecule has 21 heavy (non-hydrogen) atoms. The standard InChI is InChI=1S/C15H21ClN2O3/c1-15(2,3)12(13(19)20)17-14(21)18(4)9-10-5-7-11(16)8-6-10/h5-8,12H,9H2,1-4H3,(H,17,21)(H,19,20). The summed E-state index contributed by atoms with van der Waals surface area (Å²) in [6.07, 6.45) is 0. The van der Waals surface area contributed by atoms with Crippen molar-refractivity contribution in [2.24, 2.45) is 5.41 Å². The Balaban J connectivity index is 2.69. The molecule has 0 radical (unpaired) electrons. The van der Waals surface area contributed by atoms with Crippen LogP contribution in [0.4, 0.5) is 4.79 Å². The number of rotatable bonds is 4. The molecule has 0 saturated heterocycles. The van der Waals surface area contributed by atoms with Crippen molar-refractivity contribution in [2.45, 2.75) is 33.4 Å². The first-order valence-electron chi connectivity index (χ1n) is 6.60. The van der Waals surface area contributed by atoms with Gasteiger partial charge in [0.2, 0.25) is 0 Å². The van der Waals surface area contributed by atoms with E-state index in [-0.39, 0.29) is 0 Å². The van der Waals surface area contributed by atoms with Crippen LogP contribution in [0.15, 0.2) is 24.3 Å². The van der Waals surface area contributed by atoms with Crippen LogP contribution in [0.25, 0.3) is 0 Å². The van der Waals surface area contributed by atoms with Gasteiger partial charge in [0, 0.05) is 18.6 Å². The predicted octanol–water partition coefficient (Wildman–Crippen LogP) is 2.98. The van der Waals surface area contributed by atoms with Crippen LogP contribution in [0.3, 0.4) is 0 Å². The van der Waals surface area contributed by atoms with Crippen molar-refractivity contribution in [1.29, 1.82) is 0 Å². The number of carbonyl (C=O) groups is 2. The second kappa shape index (κ2) is 6.80. The summed E-state index contributed by atoms with van der Waals surface area (Å²) in [7, 11) is 1.62. The maximum atomic E-state index is 12.1. The molecule has 1 unspecified atom stereocenters. The summed E-state index contributed by atoms with van der Waals surface area (Å²) in [5.41, 5.74) is 0.350. The lowest BCUT2D eigenvalue weighted by Crippen LogP contribution is -2.52. The zero-order chi connectivity index (χ0) is 16.2. The Morgan fingerprint density at radius 2 is 1.81 bits per heavy atom. The van der Waals surface area contributed by atoms with E-state index in [9.17, 15) is 14.7 Å². The first-order valence-corrected chi connectivity index (χ1v) is 6.98. The number of hydrogen-bond donors (Lipinski definition) is 2. The van der Waals surface area contributed by atoms with Crippen molar-refractivity contribution in [3.63, 3.8) is 0 Å². The van der Waals surface area contributed by atoms with Crippen LogP contribution in [-0.2, 0) is 11.3 Å². The molecule has 2 N–H and O–H groups in total. The molecule has 2 amide bonds. The average Bonchev–Trinajstić information content (AvgIpc) is 2.36. The van der Waals surface area contributed by atoms with E-state index in [4.69, 9.17) is 11.6 Å². The summed E-state index contributed by atoms with van der Waals surface area (Å²) in [5, 5.41) is 12.4. The van der Waals surface area contributed by atoms with Gasteiger partial charge in [-0.05, 0) is 23.1 Å². The first-order chi connectivity index (χ1) is 9.61. The van der Waals surface area contributed by atoms with E-state index in [1.807, 2.05) is 12.1 Å². The van der Waals surface area contributed by atoms with Gasteiger partial charge in [-0.25, -0.2) is 9.59 Å². The highest BCUT2D eigenvalue weighted by Gasteiger charge is 2.33.